The molecule has 120 valence electrons. The van der Waals surface area contributed by atoms with Gasteiger partial charge in [0.2, 0.25) is 5.91 Å². The summed E-state index contributed by atoms with van der Waals surface area (Å²) in [5.74, 6) is 0.599. The monoisotopic (exact) mass is 314 g/mol. The molecule has 0 saturated heterocycles. The van der Waals surface area contributed by atoms with Gasteiger partial charge in [0.25, 0.3) is 5.91 Å². The molecule has 0 spiro atoms. The predicted molar refractivity (Wildman–Crippen MR) is 85.1 cm³/mol. The largest absolute Gasteiger partial charge is 0.497 e. The van der Waals surface area contributed by atoms with Crippen LogP contribution < -0.4 is 20.3 Å². The van der Waals surface area contributed by atoms with Gasteiger partial charge in [-0.3, -0.25) is 20.4 Å². The van der Waals surface area contributed by atoms with Crippen molar-refractivity contribution in [3.05, 3.63) is 59.7 Å². The van der Waals surface area contributed by atoms with E-state index in [2.05, 4.69) is 10.9 Å². The number of carbonyl (C=O) groups excluding carboxylic acids is 2. The van der Waals surface area contributed by atoms with Gasteiger partial charge in [0.1, 0.15) is 18.1 Å². The lowest BCUT2D eigenvalue weighted by Crippen LogP contribution is -2.40. The Balaban J connectivity index is 1.96. The zero-order valence-electron chi connectivity index (χ0n) is 13.0. The summed E-state index contributed by atoms with van der Waals surface area (Å²) in [6, 6.07) is 14.3. The topological polar surface area (TPSA) is 76.7 Å². The molecule has 0 unspecified atom stereocenters. The van der Waals surface area contributed by atoms with Crippen LogP contribution in [0.25, 0.3) is 0 Å². The van der Waals surface area contributed by atoms with E-state index >= 15 is 0 Å². The Morgan fingerprint density at radius 2 is 1.74 bits per heavy atom. The van der Waals surface area contributed by atoms with Gasteiger partial charge in [-0.1, -0.05) is 18.2 Å². The standard InChI is InChI=1S/C17H18N2O4/c1-12(20)18-19-17(21)14-4-3-5-16(10-14)23-11-13-6-8-15(22-2)9-7-13/h3-10H,11H2,1-2H3,(H,18,20)(H,19,21). The van der Waals surface area contributed by atoms with Gasteiger partial charge in [-0.05, 0) is 35.9 Å². The molecular weight excluding hydrogens is 296 g/mol. The molecule has 6 heteroatoms. The molecule has 0 radical (unpaired) electrons. The van der Waals surface area contributed by atoms with Crippen molar-refractivity contribution in [2.45, 2.75) is 13.5 Å². The van der Waals surface area contributed by atoms with Crippen LogP contribution in [0.15, 0.2) is 48.5 Å². The van der Waals surface area contributed by atoms with Gasteiger partial charge in [0, 0.05) is 12.5 Å². The molecule has 0 aliphatic carbocycles. The van der Waals surface area contributed by atoms with Crippen LogP contribution in [0.2, 0.25) is 0 Å². The molecule has 2 aromatic carbocycles. The first-order valence-electron chi connectivity index (χ1n) is 7.01. The summed E-state index contributed by atoms with van der Waals surface area (Å²) < 4.78 is 10.8. The molecule has 0 aliphatic rings. The van der Waals surface area contributed by atoms with Crippen molar-refractivity contribution in [1.82, 2.24) is 10.9 Å². The molecule has 2 aromatic rings. The van der Waals surface area contributed by atoms with E-state index in [9.17, 15) is 9.59 Å². The van der Waals surface area contributed by atoms with E-state index in [1.807, 2.05) is 24.3 Å². The minimum Gasteiger partial charge on any atom is -0.497 e. The Hall–Kier alpha value is -3.02. The highest BCUT2D eigenvalue weighted by Gasteiger charge is 2.07. The minimum atomic E-state index is -0.407. The first kappa shape index (κ1) is 16.4. The van der Waals surface area contributed by atoms with E-state index in [-0.39, 0.29) is 5.91 Å². The zero-order chi connectivity index (χ0) is 16.7. The fourth-order valence-electron chi connectivity index (χ4n) is 1.83. The number of hydrazine groups is 1. The van der Waals surface area contributed by atoms with Gasteiger partial charge in [-0.25, -0.2) is 0 Å². The molecule has 2 N–H and O–H groups in total. The molecule has 0 atom stereocenters. The maximum atomic E-state index is 11.9. The number of nitrogens with one attached hydrogen (secondary N) is 2. The Labute approximate surface area is 134 Å². The van der Waals surface area contributed by atoms with Gasteiger partial charge in [-0.2, -0.15) is 0 Å². The van der Waals surface area contributed by atoms with E-state index in [1.54, 1.807) is 31.4 Å². The number of amides is 2. The molecule has 0 aliphatic heterocycles. The van der Waals surface area contributed by atoms with Crippen LogP contribution in [0.5, 0.6) is 11.5 Å². The summed E-state index contributed by atoms with van der Waals surface area (Å²) in [7, 11) is 1.61. The molecule has 0 saturated carbocycles. The first-order chi connectivity index (χ1) is 11.1. The van der Waals surface area contributed by atoms with Crippen LogP contribution in [0.1, 0.15) is 22.8 Å². The highest BCUT2D eigenvalue weighted by molar-refractivity contribution is 5.95. The van der Waals surface area contributed by atoms with E-state index < -0.39 is 5.91 Å². The lowest BCUT2D eigenvalue weighted by Gasteiger charge is -2.09. The van der Waals surface area contributed by atoms with Gasteiger partial charge in [0.15, 0.2) is 0 Å². The van der Waals surface area contributed by atoms with Gasteiger partial charge in [0.05, 0.1) is 7.11 Å². The molecular formula is C17H18N2O4. The van der Waals surface area contributed by atoms with Crippen molar-refractivity contribution >= 4 is 11.8 Å². The van der Waals surface area contributed by atoms with Crippen LogP contribution in [0, 0.1) is 0 Å². The maximum absolute atomic E-state index is 11.9. The second-order valence-corrected chi connectivity index (χ2v) is 4.80. The summed E-state index contributed by atoms with van der Waals surface area (Å²) in [5.41, 5.74) is 5.92. The Morgan fingerprint density at radius 3 is 2.39 bits per heavy atom. The zero-order valence-corrected chi connectivity index (χ0v) is 13.0. The smallest absolute Gasteiger partial charge is 0.269 e. The number of hydrogen-bond donors (Lipinski definition) is 2. The predicted octanol–water partition coefficient (Wildman–Crippen LogP) is 2.06. The average Bonchev–Trinajstić information content (AvgIpc) is 2.58. The fourth-order valence-corrected chi connectivity index (χ4v) is 1.83. The number of rotatable bonds is 5. The minimum absolute atomic E-state index is 0.342. The molecule has 2 amide bonds. The van der Waals surface area contributed by atoms with Crippen molar-refractivity contribution in [1.29, 1.82) is 0 Å². The normalized spacial score (nSPS) is 9.83. The van der Waals surface area contributed by atoms with Crippen LogP contribution in [0.4, 0.5) is 0 Å². The Kier molecular flexibility index (Phi) is 5.57. The Morgan fingerprint density at radius 1 is 1.00 bits per heavy atom. The quantitative estimate of drug-likeness (QED) is 0.828. The summed E-state index contributed by atoms with van der Waals surface area (Å²) >= 11 is 0. The lowest BCUT2D eigenvalue weighted by molar-refractivity contribution is -0.119. The van der Waals surface area contributed by atoms with E-state index in [0.717, 1.165) is 11.3 Å². The number of methoxy groups -OCH3 is 1. The second kappa shape index (κ2) is 7.84. The number of hydrogen-bond acceptors (Lipinski definition) is 4. The van der Waals surface area contributed by atoms with Crippen LogP contribution >= 0.6 is 0 Å². The summed E-state index contributed by atoms with van der Waals surface area (Å²) in [4.78, 5) is 22.6. The van der Waals surface area contributed by atoms with E-state index in [4.69, 9.17) is 9.47 Å². The van der Waals surface area contributed by atoms with Gasteiger partial charge >= 0.3 is 0 Å². The summed E-state index contributed by atoms with van der Waals surface area (Å²) in [5, 5.41) is 0. The number of benzene rings is 2. The first-order valence-corrected chi connectivity index (χ1v) is 7.01. The van der Waals surface area contributed by atoms with Gasteiger partial charge < -0.3 is 9.47 Å². The van der Waals surface area contributed by atoms with Crippen molar-refractivity contribution in [2.75, 3.05) is 7.11 Å². The third kappa shape index (κ3) is 5.03. The van der Waals surface area contributed by atoms with Crippen molar-refractivity contribution in [2.24, 2.45) is 0 Å². The number of ether oxygens (including phenoxy) is 2. The van der Waals surface area contributed by atoms with Crippen LogP contribution in [-0.4, -0.2) is 18.9 Å². The average molecular weight is 314 g/mol. The van der Waals surface area contributed by atoms with Crippen molar-refractivity contribution in [3.8, 4) is 11.5 Å². The summed E-state index contributed by atoms with van der Waals surface area (Å²) in [6.07, 6.45) is 0. The lowest BCUT2D eigenvalue weighted by atomic mass is 10.2. The third-order valence-corrected chi connectivity index (χ3v) is 3.01. The molecule has 2 rings (SSSR count). The Bertz CT molecular complexity index is 683. The highest BCUT2D eigenvalue weighted by atomic mass is 16.5. The van der Waals surface area contributed by atoms with Crippen LogP contribution in [-0.2, 0) is 11.4 Å². The van der Waals surface area contributed by atoms with Gasteiger partial charge in [-0.15, -0.1) is 0 Å². The molecule has 0 heterocycles. The summed E-state index contributed by atoms with van der Waals surface area (Å²) in [6.45, 7) is 1.69. The fraction of sp³-hybridized carbons (Fsp3) is 0.176. The van der Waals surface area contributed by atoms with Crippen molar-refractivity contribution < 1.29 is 19.1 Å². The van der Waals surface area contributed by atoms with E-state index in [0.29, 0.717) is 17.9 Å². The third-order valence-electron chi connectivity index (χ3n) is 3.01. The number of carbonyl (C=O) groups is 2. The molecule has 0 fully saturated rings. The van der Waals surface area contributed by atoms with Crippen LogP contribution in [0.3, 0.4) is 0 Å². The molecule has 6 nitrogen and oxygen atoms in total. The maximum Gasteiger partial charge on any atom is 0.269 e. The SMILES string of the molecule is COc1ccc(COc2cccc(C(=O)NNC(C)=O)c2)cc1. The molecule has 0 aromatic heterocycles. The molecule has 0 bridgehead atoms. The second-order valence-electron chi connectivity index (χ2n) is 4.80. The van der Waals surface area contributed by atoms with Crippen molar-refractivity contribution in [3.63, 3.8) is 0 Å². The van der Waals surface area contributed by atoms with E-state index in [1.165, 1.54) is 6.92 Å². The molecule has 23 heavy (non-hydrogen) atoms. The highest BCUT2D eigenvalue weighted by Crippen LogP contribution is 2.17.